The van der Waals surface area contributed by atoms with Crippen molar-refractivity contribution in [1.29, 1.82) is 0 Å². The molecule has 3 aromatic rings. The Morgan fingerprint density at radius 1 is 0.846 bits per heavy atom. The van der Waals surface area contributed by atoms with E-state index < -0.39 is 29.4 Å². The maximum absolute atomic E-state index is 13.1. The lowest BCUT2D eigenvalue weighted by Gasteiger charge is -2.03. The second kappa shape index (κ2) is 8.84. The highest BCUT2D eigenvalue weighted by molar-refractivity contribution is 6.58. The first-order valence-corrected chi connectivity index (χ1v) is 7.50. The van der Waals surface area contributed by atoms with E-state index in [2.05, 4.69) is 0 Å². The molecule has 0 spiro atoms. The summed E-state index contributed by atoms with van der Waals surface area (Å²) in [6.45, 7) is 0. The number of hydrogen-bond donors (Lipinski definition) is 2. The van der Waals surface area contributed by atoms with E-state index in [0.29, 0.717) is 17.1 Å². The van der Waals surface area contributed by atoms with Crippen LogP contribution in [0.15, 0.2) is 72.8 Å². The number of rotatable bonds is 3. The molecular formula is C18H14BF2NO4. The van der Waals surface area contributed by atoms with Crippen LogP contribution in [0.5, 0.6) is 0 Å². The number of halogens is 2. The van der Waals surface area contributed by atoms with Crippen LogP contribution in [0.4, 0.5) is 14.5 Å². The van der Waals surface area contributed by atoms with Crippen LogP contribution in [0.3, 0.4) is 0 Å². The van der Waals surface area contributed by atoms with Gasteiger partial charge in [0, 0.05) is 0 Å². The van der Waals surface area contributed by atoms with E-state index in [-0.39, 0.29) is 5.56 Å². The van der Waals surface area contributed by atoms with Crippen molar-refractivity contribution in [1.82, 2.24) is 0 Å². The molecule has 0 aliphatic carbocycles. The third kappa shape index (κ3) is 4.95. The first-order chi connectivity index (χ1) is 12.4. The average Bonchev–Trinajstić information content (AvgIpc) is 2.65. The summed E-state index contributed by atoms with van der Waals surface area (Å²) in [6.07, 6.45) is 0. The first-order valence-electron chi connectivity index (χ1n) is 7.50. The maximum Gasteiger partial charge on any atom is 0.488 e. The van der Waals surface area contributed by atoms with Gasteiger partial charge in [0.15, 0.2) is 11.6 Å². The van der Waals surface area contributed by atoms with Crippen LogP contribution in [-0.2, 0) is 0 Å². The van der Waals surface area contributed by atoms with E-state index in [1.807, 2.05) is 6.07 Å². The van der Waals surface area contributed by atoms with Crippen molar-refractivity contribution in [2.75, 3.05) is 0 Å². The van der Waals surface area contributed by atoms with Crippen molar-refractivity contribution in [3.05, 3.63) is 94.5 Å². The number of nitro benzene ring substituents is 1. The van der Waals surface area contributed by atoms with E-state index in [1.165, 1.54) is 0 Å². The van der Waals surface area contributed by atoms with E-state index in [0.717, 1.165) is 6.07 Å². The second-order valence-corrected chi connectivity index (χ2v) is 5.19. The lowest BCUT2D eigenvalue weighted by Crippen LogP contribution is -2.29. The van der Waals surface area contributed by atoms with Gasteiger partial charge >= 0.3 is 7.12 Å². The maximum atomic E-state index is 13.1. The highest BCUT2D eigenvalue weighted by Gasteiger charge is 2.19. The normalized spacial score (nSPS) is 9.85. The predicted molar refractivity (Wildman–Crippen MR) is 94.7 cm³/mol. The van der Waals surface area contributed by atoms with Gasteiger partial charge in [-0.2, -0.15) is 0 Å². The SMILES string of the molecule is O=[N+]([O-])c1cc(F)c(F)cc1-c1ccccc1.OB(O)c1ccccc1. The molecule has 3 rings (SSSR count). The molecule has 0 amide bonds. The molecule has 0 aromatic heterocycles. The van der Waals surface area contributed by atoms with E-state index in [4.69, 9.17) is 10.0 Å². The second-order valence-electron chi connectivity index (χ2n) is 5.19. The fourth-order valence-electron chi connectivity index (χ4n) is 2.16. The number of benzene rings is 3. The highest BCUT2D eigenvalue weighted by atomic mass is 19.2. The van der Waals surface area contributed by atoms with Gasteiger partial charge in [0.05, 0.1) is 16.6 Å². The number of nitro groups is 1. The van der Waals surface area contributed by atoms with Gasteiger partial charge in [0.2, 0.25) is 0 Å². The first kappa shape index (κ1) is 19.2. The molecule has 2 N–H and O–H groups in total. The molecule has 0 aliphatic rings. The minimum absolute atomic E-state index is 0.0644. The van der Waals surface area contributed by atoms with Crippen LogP contribution in [-0.4, -0.2) is 22.1 Å². The molecule has 0 heterocycles. The summed E-state index contributed by atoms with van der Waals surface area (Å²) in [6, 6.07) is 18.3. The molecule has 3 aromatic carbocycles. The number of hydrogen-bond acceptors (Lipinski definition) is 4. The molecule has 132 valence electrons. The van der Waals surface area contributed by atoms with Gasteiger partial charge in [0.1, 0.15) is 0 Å². The van der Waals surface area contributed by atoms with Crippen LogP contribution in [0.1, 0.15) is 0 Å². The molecule has 26 heavy (non-hydrogen) atoms. The summed E-state index contributed by atoms with van der Waals surface area (Å²) < 4.78 is 26.1. The Balaban J connectivity index is 0.000000228. The Morgan fingerprint density at radius 2 is 1.35 bits per heavy atom. The van der Waals surface area contributed by atoms with Crippen molar-refractivity contribution in [2.24, 2.45) is 0 Å². The van der Waals surface area contributed by atoms with Crippen LogP contribution in [0, 0.1) is 21.7 Å². The lowest BCUT2D eigenvalue weighted by atomic mass is 9.81. The van der Waals surface area contributed by atoms with Gasteiger partial charge < -0.3 is 10.0 Å². The van der Waals surface area contributed by atoms with E-state index in [9.17, 15) is 18.9 Å². The summed E-state index contributed by atoms with van der Waals surface area (Å²) in [7, 11) is -1.34. The van der Waals surface area contributed by atoms with Gasteiger partial charge in [-0.25, -0.2) is 8.78 Å². The third-order valence-corrected chi connectivity index (χ3v) is 3.42. The Bertz CT molecular complexity index is 877. The molecule has 0 atom stereocenters. The van der Waals surface area contributed by atoms with Crippen LogP contribution in [0.25, 0.3) is 11.1 Å². The standard InChI is InChI=1S/C12H7F2NO2.C6H7BO2/c13-10-6-9(8-4-2-1-3-5-8)12(15(16)17)7-11(10)14;8-7(9)6-4-2-1-3-5-6/h1-7H;1-5,8-9H. The molecule has 0 unspecified atom stereocenters. The monoisotopic (exact) mass is 357 g/mol. The van der Waals surface area contributed by atoms with Crippen molar-refractivity contribution in [3.63, 3.8) is 0 Å². The number of nitrogens with zero attached hydrogens (tertiary/aromatic N) is 1. The fourth-order valence-corrected chi connectivity index (χ4v) is 2.16. The molecule has 0 aliphatic heterocycles. The van der Waals surface area contributed by atoms with E-state index in [1.54, 1.807) is 54.6 Å². The highest BCUT2D eigenvalue weighted by Crippen LogP contribution is 2.31. The zero-order chi connectivity index (χ0) is 19.1. The summed E-state index contributed by atoms with van der Waals surface area (Å²) >= 11 is 0. The topological polar surface area (TPSA) is 83.6 Å². The minimum atomic E-state index is -1.34. The zero-order valence-electron chi connectivity index (χ0n) is 13.4. The Labute approximate surface area is 148 Å². The van der Waals surface area contributed by atoms with Crippen LogP contribution < -0.4 is 5.46 Å². The van der Waals surface area contributed by atoms with Gasteiger partial charge in [-0.15, -0.1) is 0 Å². The van der Waals surface area contributed by atoms with Crippen molar-refractivity contribution in [3.8, 4) is 11.1 Å². The average molecular weight is 357 g/mol. The van der Waals surface area contributed by atoms with E-state index >= 15 is 0 Å². The minimum Gasteiger partial charge on any atom is -0.423 e. The molecule has 0 saturated heterocycles. The van der Waals surface area contributed by atoms with Gasteiger partial charge in [-0.3, -0.25) is 10.1 Å². The summed E-state index contributed by atoms with van der Waals surface area (Å²) in [5.41, 5.74) is 0.611. The quantitative estimate of drug-likeness (QED) is 0.429. The lowest BCUT2D eigenvalue weighted by molar-refractivity contribution is -0.384. The van der Waals surface area contributed by atoms with Crippen molar-refractivity contribution < 1.29 is 23.8 Å². The van der Waals surface area contributed by atoms with Crippen molar-refractivity contribution in [2.45, 2.75) is 0 Å². The van der Waals surface area contributed by atoms with Gasteiger partial charge in [0.25, 0.3) is 5.69 Å². The third-order valence-electron chi connectivity index (χ3n) is 3.42. The summed E-state index contributed by atoms with van der Waals surface area (Å²) in [4.78, 5) is 10.0. The smallest absolute Gasteiger partial charge is 0.423 e. The Morgan fingerprint density at radius 3 is 1.81 bits per heavy atom. The van der Waals surface area contributed by atoms with Gasteiger partial charge in [-0.1, -0.05) is 60.7 Å². The molecule has 5 nitrogen and oxygen atoms in total. The fraction of sp³-hybridized carbons (Fsp3) is 0. The molecule has 0 bridgehead atoms. The summed E-state index contributed by atoms with van der Waals surface area (Å²) in [5, 5.41) is 27.9. The molecule has 8 heteroatoms. The molecule has 0 fully saturated rings. The van der Waals surface area contributed by atoms with Crippen LogP contribution >= 0.6 is 0 Å². The Hall–Kier alpha value is -3.10. The largest absolute Gasteiger partial charge is 0.488 e. The zero-order valence-corrected chi connectivity index (χ0v) is 13.4. The predicted octanol–water partition coefficient (Wildman–Crippen LogP) is 2.91. The summed E-state index contributed by atoms with van der Waals surface area (Å²) in [5.74, 6) is -2.33. The van der Waals surface area contributed by atoms with Gasteiger partial charge in [-0.05, 0) is 17.1 Å². The van der Waals surface area contributed by atoms with Crippen LogP contribution in [0.2, 0.25) is 0 Å². The molecule has 0 radical (unpaired) electrons. The Kier molecular flexibility index (Phi) is 6.54. The molecule has 0 saturated carbocycles. The van der Waals surface area contributed by atoms with Crippen molar-refractivity contribution >= 4 is 18.3 Å². The molecular weight excluding hydrogens is 343 g/mol.